The number of rotatable bonds is 5. The molecule has 2 heteroatoms. The van der Waals surface area contributed by atoms with Gasteiger partial charge in [0.25, 0.3) is 0 Å². The molecule has 0 spiro atoms. The van der Waals surface area contributed by atoms with Gasteiger partial charge in [0.05, 0.1) is 6.61 Å². The lowest BCUT2D eigenvalue weighted by Gasteiger charge is -2.23. The first-order valence-corrected chi connectivity index (χ1v) is 7.09. The maximum Gasteiger partial charge on any atom is 0.124 e. The van der Waals surface area contributed by atoms with Crippen LogP contribution in [0.5, 0.6) is 5.75 Å². The first-order valence-electron chi connectivity index (χ1n) is 7.09. The Kier molecular flexibility index (Phi) is 4.43. The average Bonchev–Trinajstić information content (AvgIpc) is 2.45. The Morgan fingerprint density at radius 1 is 1.11 bits per heavy atom. The fourth-order valence-electron chi connectivity index (χ4n) is 2.44. The standard InChI is InChI=1S/C17H23NO/c1-4-12(3)17(18)16-14-9-7-6-8-13(14)10-11-15(16)19-5-2/h6-12,17H,4-5,18H2,1-3H3/t12?,17-/m0/s1. The predicted octanol–water partition coefficient (Wildman–Crippen LogP) is 4.28. The van der Waals surface area contributed by atoms with Crippen LogP contribution in [0.2, 0.25) is 0 Å². The molecule has 0 heterocycles. The molecule has 2 aromatic rings. The van der Waals surface area contributed by atoms with Gasteiger partial charge in [0.1, 0.15) is 5.75 Å². The van der Waals surface area contributed by atoms with E-state index in [4.69, 9.17) is 10.5 Å². The quantitative estimate of drug-likeness (QED) is 0.867. The smallest absolute Gasteiger partial charge is 0.124 e. The SMILES string of the molecule is CCOc1ccc2ccccc2c1[C@@H](N)C(C)CC. The molecule has 2 N–H and O–H groups in total. The van der Waals surface area contributed by atoms with Crippen LogP contribution in [0.25, 0.3) is 10.8 Å². The highest BCUT2D eigenvalue weighted by atomic mass is 16.5. The maximum absolute atomic E-state index is 6.47. The number of hydrogen-bond donors (Lipinski definition) is 1. The van der Waals surface area contributed by atoms with Crippen LogP contribution in [0.3, 0.4) is 0 Å². The van der Waals surface area contributed by atoms with Crippen molar-refractivity contribution < 1.29 is 4.74 Å². The molecule has 0 aromatic heterocycles. The van der Waals surface area contributed by atoms with Crippen molar-refractivity contribution in [1.29, 1.82) is 0 Å². The third kappa shape index (κ3) is 2.74. The van der Waals surface area contributed by atoms with E-state index < -0.39 is 0 Å². The summed E-state index contributed by atoms with van der Waals surface area (Å²) >= 11 is 0. The molecule has 19 heavy (non-hydrogen) atoms. The Balaban J connectivity index is 2.61. The van der Waals surface area contributed by atoms with Gasteiger partial charge in [-0.15, -0.1) is 0 Å². The minimum Gasteiger partial charge on any atom is -0.494 e. The molecule has 0 aliphatic heterocycles. The summed E-state index contributed by atoms with van der Waals surface area (Å²) in [5.74, 6) is 1.36. The molecule has 0 saturated carbocycles. The van der Waals surface area contributed by atoms with Crippen LogP contribution in [0, 0.1) is 5.92 Å². The number of ether oxygens (including phenoxy) is 1. The van der Waals surface area contributed by atoms with Crippen molar-refractivity contribution in [3.63, 3.8) is 0 Å². The molecular weight excluding hydrogens is 234 g/mol. The van der Waals surface area contributed by atoms with E-state index in [1.165, 1.54) is 10.8 Å². The van der Waals surface area contributed by atoms with Gasteiger partial charge >= 0.3 is 0 Å². The maximum atomic E-state index is 6.47. The molecule has 2 atom stereocenters. The van der Waals surface area contributed by atoms with E-state index in [9.17, 15) is 0 Å². The highest BCUT2D eigenvalue weighted by molar-refractivity contribution is 5.88. The van der Waals surface area contributed by atoms with Crippen LogP contribution >= 0.6 is 0 Å². The average molecular weight is 257 g/mol. The monoisotopic (exact) mass is 257 g/mol. The van der Waals surface area contributed by atoms with E-state index >= 15 is 0 Å². The van der Waals surface area contributed by atoms with Crippen molar-refractivity contribution in [3.05, 3.63) is 42.0 Å². The largest absolute Gasteiger partial charge is 0.494 e. The highest BCUT2D eigenvalue weighted by Gasteiger charge is 2.20. The second-order valence-electron chi connectivity index (χ2n) is 5.04. The van der Waals surface area contributed by atoms with Crippen LogP contribution in [0.1, 0.15) is 38.8 Å². The molecule has 102 valence electrons. The van der Waals surface area contributed by atoms with Crippen LogP contribution in [0.4, 0.5) is 0 Å². The normalized spacial score (nSPS) is 14.3. The fourth-order valence-corrected chi connectivity index (χ4v) is 2.44. The van der Waals surface area contributed by atoms with Gasteiger partial charge in [-0.3, -0.25) is 0 Å². The van der Waals surface area contributed by atoms with Crippen LogP contribution in [-0.4, -0.2) is 6.61 Å². The van der Waals surface area contributed by atoms with Crippen molar-refractivity contribution in [1.82, 2.24) is 0 Å². The molecule has 0 radical (unpaired) electrons. The molecule has 0 saturated heterocycles. The second kappa shape index (κ2) is 6.07. The molecule has 0 aliphatic carbocycles. The zero-order chi connectivity index (χ0) is 13.8. The summed E-state index contributed by atoms with van der Waals surface area (Å²) in [5, 5.41) is 2.43. The topological polar surface area (TPSA) is 35.2 Å². The molecular formula is C17H23NO. The van der Waals surface area contributed by atoms with Crippen molar-refractivity contribution in [2.75, 3.05) is 6.61 Å². The van der Waals surface area contributed by atoms with Crippen molar-refractivity contribution in [2.24, 2.45) is 11.7 Å². The summed E-state index contributed by atoms with van der Waals surface area (Å²) < 4.78 is 5.78. The third-order valence-corrected chi connectivity index (χ3v) is 3.82. The lowest BCUT2D eigenvalue weighted by Crippen LogP contribution is -2.20. The lowest BCUT2D eigenvalue weighted by molar-refractivity contribution is 0.329. The number of benzene rings is 2. The lowest BCUT2D eigenvalue weighted by atomic mass is 9.89. The summed E-state index contributed by atoms with van der Waals surface area (Å²) in [4.78, 5) is 0. The Hall–Kier alpha value is -1.54. The summed E-state index contributed by atoms with van der Waals surface area (Å²) in [6.07, 6.45) is 1.07. The molecule has 0 fully saturated rings. The van der Waals surface area contributed by atoms with Gasteiger partial charge < -0.3 is 10.5 Å². The summed E-state index contributed by atoms with van der Waals surface area (Å²) in [7, 11) is 0. The van der Waals surface area contributed by atoms with Crippen molar-refractivity contribution in [3.8, 4) is 5.75 Å². The van der Waals surface area contributed by atoms with Gasteiger partial charge in [0, 0.05) is 11.6 Å². The van der Waals surface area contributed by atoms with Gasteiger partial charge in [-0.05, 0) is 29.7 Å². The molecule has 1 unspecified atom stereocenters. The predicted molar refractivity (Wildman–Crippen MR) is 81.5 cm³/mol. The zero-order valence-corrected chi connectivity index (χ0v) is 12.0. The molecule has 0 amide bonds. The van der Waals surface area contributed by atoms with Gasteiger partial charge in [-0.25, -0.2) is 0 Å². The number of nitrogens with two attached hydrogens (primary N) is 1. The first-order chi connectivity index (χ1) is 9.19. The van der Waals surface area contributed by atoms with Crippen LogP contribution in [-0.2, 0) is 0 Å². The first kappa shape index (κ1) is 13.9. The molecule has 2 aromatic carbocycles. The molecule has 2 rings (SSSR count). The van der Waals surface area contributed by atoms with Gasteiger partial charge in [0.2, 0.25) is 0 Å². The Morgan fingerprint density at radius 2 is 1.84 bits per heavy atom. The minimum atomic E-state index is 0.0117. The van der Waals surface area contributed by atoms with Gasteiger partial charge in [-0.2, -0.15) is 0 Å². The third-order valence-electron chi connectivity index (χ3n) is 3.82. The second-order valence-corrected chi connectivity index (χ2v) is 5.04. The highest BCUT2D eigenvalue weighted by Crippen LogP contribution is 2.36. The Morgan fingerprint density at radius 3 is 2.53 bits per heavy atom. The Bertz CT molecular complexity index is 550. The summed E-state index contributed by atoms with van der Waals surface area (Å²) in [6.45, 7) is 7.05. The van der Waals surface area contributed by atoms with E-state index in [2.05, 4.69) is 44.2 Å². The summed E-state index contributed by atoms with van der Waals surface area (Å²) in [6, 6.07) is 12.5. The fraction of sp³-hybridized carbons (Fsp3) is 0.412. The van der Waals surface area contributed by atoms with E-state index in [1.807, 2.05) is 13.0 Å². The van der Waals surface area contributed by atoms with E-state index in [1.54, 1.807) is 0 Å². The molecule has 2 nitrogen and oxygen atoms in total. The van der Waals surface area contributed by atoms with E-state index in [-0.39, 0.29) is 6.04 Å². The molecule has 0 bridgehead atoms. The van der Waals surface area contributed by atoms with Crippen LogP contribution in [0.15, 0.2) is 36.4 Å². The van der Waals surface area contributed by atoms with Crippen molar-refractivity contribution in [2.45, 2.75) is 33.2 Å². The van der Waals surface area contributed by atoms with Crippen LogP contribution < -0.4 is 10.5 Å². The van der Waals surface area contributed by atoms with Gasteiger partial charge in [-0.1, -0.05) is 50.6 Å². The number of hydrogen-bond acceptors (Lipinski definition) is 2. The number of fused-ring (bicyclic) bond motifs is 1. The van der Waals surface area contributed by atoms with Crippen molar-refractivity contribution >= 4 is 10.8 Å². The molecule has 0 aliphatic rings. The van der Waals surface area contributed by atoms with E-state index in [0.717, 1.165) is 17.7 Å². The minimum absolute atomic E-state index is 0.0117. The summed E-state index contributed by atoms with van der Waals surface area (Å²) in [5.41, 5.74) is 7.61. The Labute approximate surface area is 115 Å². The zero-order valence-electron chi connectivity index (χ0n) is 12.0. The van der Waals surface area contributed by atoms with E-state index in [0.29, 0.717) is 12.5 Å². The van der Waals surface area contributed by atoms with Gasteiger partial charge in [0.15, 0.2) is 0 Å².